The van der Waals surface area contributed by atoms with Gasteiger partial charge in [-0.1, -0.05) is 30.3 Å². The molecule has 0 saturated carbocycles. The zero-order valence-corrected chi connectivity index (χ0v) is 7.90. The van der Waals surface area contributed by atoms with Gasteiger partial charge in [-0.2, -0.15) is 0 Å². The molecule has 0 amide bonds. The van der Waals surface area contributed by atoms with Gasteiger partial charge in [-0.25, -0.2) is 0 Å². The number of nitrogens with two attached hydrogens (primary N) is 1. The molecule has 0 aliphatic rings. The van der Waals surface area contributed by atoms with E-state index in [1.807, 2.05) is 30.3 Å². The summed E-state index contributed by atoms with van der Waals surface area (Å²) in [4.78, 5) is 0. The molecule has 0 radical (unpaired) electrons. The number of aliphatic hydroxyl groups is 1. The molecule has 0 aromatic heterocycles. The Bertz CT molecular complexity index is 259. The van der Waals surface area contributed by atoms with Gasteiger partial charge in [0.25, 0.3) is 0 Å². The molecule has 2 atom stereocenters. The second-order valence-corrected chi connectivity index (χ2v) is 3.20. The van der Waals surface area contributed by atoms with Crippen LogP contribution in [0.15, 0.2) is 30.3 Å². The number of hydrogen-bond donors (Lipinski definition) is 2. The molecule has 1 aromatic carbocycles. The molecule has 0 fully saturated rings. The summed E-state index contributed by atoms with van der Waals surface area (Å²) in [6.07, 6.45) is -0.807. The van der Waals surface area contributed by atoms with Crippen molar-refractivity contribution in [3.8, 4) is 0 Å². The van der Waals surface area contributed by atoms with Crippen molar-refractivity contribution in [2.45, 2.75) is 18.8 Å². The molecule has 3 heteroatoms. The van der Waals surface area contributed by atoms with E-state index >= 15 is 0 Å². The lowest BCUT2D eigenvalue weighted by Crippen LogP contribution is -2.44. The Hall–Kier alpha value is -0.900. The van der Waals surface area contributed by atoms with E-state index in [9.17, 15) is 5.11 Å². The smallest absolute Gasteiger partial charge is 0.143 e. The van der Waals surface area contributed by atoms with Crippen molar-refractivity contribution in [2.24, 2.45) is 5.73 Å². The zero-order chi connectivity index (χ0) is 9.90. The highest BCUT2D eigenvalue weighted by Gasteiger charge is 2.29. The average molecular weight is 181 g/mol. The van der Waals surface area contributed by atoms with Crippen LogP contribution in [-0.2, 0) is 4.74 Å². The van der Waals surface area contributed by atoms with Crippen LogP contribution in [0.25, 0.3) is 0 Å². The third-order valence-corrected chi connectivity index (χ3v) is 2.10. The zero-order valence-electron chi connectivity index (χ0n) is 7.90. The van der Waals surface area contributed by atoms with Crippen molar-refractivity contribution >= 4 is 0 Å². The van der Waals surface area contributed by atoms with E-state index in [-0.39, 0.29) is 0 Å². The van der Waals surface area contributed by atoms with Gasteiger partial charge in [0.05, 0.1) is 0 Å². The average Bonchev–Trinajstić information content (AvgIpc) is 2.18. The Kier molecular flexibility index (Phi) is 3.03. The predicted octanol–water partition coefficient (Wildman–Crippen LogP) is 1.04. The summed E-state index contributed by atoms with van der Waals surface area (Å²) >= 11 is 0. The SMILES string of the molecule is CO[C@](C)(N)[C@@H](O)c1ccccc1. The molecular weight excluding hydrogens is 166 g/mol. The lowest BCUT2D eigenvalue weighted by Gasteiger charge is -2.28. The fraction of sp³-hybridized carbons (Fsp3) is 0.400. The topological polar surface area (TPSA) is 55.5 Å². The normalized spacial score (nSPS) is 17.8. The second-order valence-electron chi connectivity index (χ2n) is 3.20. The summed E-state index contributed by atoms with van der Waals surface area (Å²) in [5.41, 5.74) is 5.44. The summed E-state index contributed by atoms with van der Waals surface area (Å²) in [5.74, 6) is 0. The van der Waals surface area contributed by atoms with E-state index in [2.05, 4.69) is 0 Å². The van der Waals surface area contributed by atoms with Gasteiger partial charge in [-0.15, -0.1) is 0 Å². The molecule has 0 heterocycles. The minimum atomic E-state index is -1.04. The first-order chi connectivity index (χ1) is 6.08. The van der Waals surface area contributed by atoms with Crippen LogP contribution in [0, 0.1) is 0 Å². The lowest BCUT2D eigenvalue weighted by atomic mass is 10.0. The molecule has 0 spiro atoms. The maximum atomic E-state index is 9.80. The van der Waals surface area contributed by atoms with Crippen molar-refractivity contribution in [3.63, 3.8) is 0 Å². The first-order valence-electron chi connectivity index (χ1n) is 4.15. The van der Waals surface area contributed by atoms with Crippen LogP contribution in [0.4, 0.5) is 0 Å². The minimum Gasteiger partial charge on any atom is -0.384 e. The molecule has 0 saturated heterocycles. The monoisotopic (exact) mass is 181 g/mol. The summed E-state index contributed by atoms with van der Waals surface area (Å²) in [6, 6.07) is 9.22. The predicted molar refractivity (Wildman–Crippen MR) is 51.0 cm³/mol. The molecule has 0 aliphatic heterocycles. The first kappa shape index (κ1) is 10.2. The van der Waals surface area contributed by atoms with Crippen LogP contribution in [0.1, 0.15) is 18.6 Å². The maximum absolute atomic E-state index is 9.80. The van der Waals surface area contributed by atoms with Gasteiger partial charge < -0.3 is 15.6 Å². The largest absolute Gasteiger partial charge is 0.384 e. The van der Waals surface area contributed by atoms with Crippen molar-refractivity contribution in [1.29, 1.82) is 0 Å². The first-order valence-corrected chi connectivity index (χ1v) is 4.15. The summed E-state index contributed by atoms with van der Waals surface area (Å²) in [5, 5.41) is 9.80. The minimum absolute atomic E-state index is 0.759. The molecular formula is C10H15NO2. The van der Waals surface area contributed by atoms with E-state index in [4.69, 9.17) is 10.5 Å². The molecule has 13 heavy (non-hydrogen) atoms. The fourth-order valence-electron chi connectivity index (χ4n) is 1.08. The summed E-state index contributed by atoms with van der Waals surface area (Å²) in [6.45, 7) is 1.64. The van der Waals surface area contributed by atoms with Crippen LogP contribution in [0.5, 0.6) is 0 Å². The molecule has 0 aliphatic carbocycles. The van der Waals surface area contributed by atoms with E-state index in [0.29, 0.717) is 0 Å². The van der Waals surface area contributed by atoms with E-state index in [1.54, 1.807) is 6.92 Å². The molecule has 0 unspecified atom stereocenters. The number of methoxy groups -OCH3 is 1. The Morgan fingerprint density at radius 2 is 1.92 bits per heavy atom. The quantitative estimate of drug-likeness (QED) is 0.685. The van der Waals surface area contributed by atoms with Crippen LogP contribution in [0.2, 0.25) is 0 Å². The van der Waals surface area contributed by atoms with Crippen LogP contribution in [0.3, 0.4) is 0 Å². The lowest BCUT2D eigenvalue weighted by molar-refractivity contribution is -0.0881. The molecule has 1 aromatic rings. The van der Waals surface area contributed by atoms with E-state index in [0.717, 1.165) is 5.56 Å². The fourth-order valence-corrected chi connectivity index (χ4v) is 1.08. The van der Waals surface area contributed by atoms with Crippen molar-refractivity contribution in [3.05, 3.63) is 35.9 Å². The van der Waals surface area contributed by atoms with Gasteiger partial charge in [0.2, 0.25) is 0 Å². The number of rotatable bonds is 3. The Morgan fingerprint density at radius 3 is 2.38 bits per heavy atom. The molecule has 0 bridgehead atoms. The van der Waals surface area contributed by atoms with Gasteiger partial charge in [0.15, 0.2) is 0 Å². The van der Waals surface area contributed by atoms with Gasteiger partial charge in [0, 0.05) is 7.11 Å². The van der Waals surface area contributed by atoms with Crippen molar-refractivity contribution in [2.75, 3.05) is 7.11 Å². The third-order valence-electron chi connectivity index (χ3n) is 2.10. The van der Waals surface area contributed by atoms with Crippen molar-refractivity contribution in [1.82, 2.24) is 0 Å². The highest BCUT2D eigenvalue weighted by molar-refractivity contribution is 5.19. The highest BCUT2D eigenvalue weighted by atomic mass is 16.5. The van der Waals surface area contributed by atoms with E-state index in [1.165, 1.54) is 7.11 Å². The molecule has 72 valence electrons. The molecule has 3 N–H and O–H groups in total. The highest BCUT2D eigenvalue weighted by Crippen LogP contribution is 2.23. The number of ether oxygens (including phenoxy) is 1. The van der Waals surface area contributed by atoms with Crippen molar-refractivity contribution < 1.29 is 9.84 Å². The second kappa shape index (κ2) is 3.87. The Balaban J connectivity index is 2.85. The van der Waals surface area contributed by atoms with Crippen LogP contribution >= 0.6 is 0 Å². The third kappa shape index (κ3) is 2.28. The number of benzene rings is 1. The van der Waals surface area contributed by atoms with Gasteiger partial charge in [-0.3, -0.25) is 0 Å². The van der Waals surface area contributed by atoms with Crippen LogP contribution < -0.4 is 5.73 Å². The molecule has 1 rings (SSSR count). The summed E-state index contributed by atoms with van der Waals surface area (Å²) in [7, 11) is 1.48. The standard InChI is InChI=1S/C10H15NO2/c1-10(11,13-2)9(12)8-6-4-3-5-7-8/h3-7,9,12H,11H2,1-2H3/t9-,10-/m0/s1. The van der Waals surface area contributed by atoms with Gasteiger partial charge in [-0.05, 0) is 12.5 Å². The molecule has 3 nitrogen and oxygen atoms in total. The Morgan fingerprint density at radius 1 is 1.38 bits per heavy atom. The van der Waals surface area contributed by atoms with Gasteiger partial charge >= 0.3 is 0 Å². The maximum Gasteiger partial charge on any atom is 0.143 e. The summed E-state index contributed by atoms with van der Waals surface area (Å²) < 4.78 is 4.98. The van der Waals surface area contributed by atoms with Crippen LogP contribution in [-0.4, -0.2) is 17.9 Å². The van der Waals surface area contributed by atoms with E-state index < -0.39 is 11.8 Å². The van der Waals surface area contributed by atoms with Gasteiger partial charge in [0.1, 0.15) is 11.8 Å². The Labute approximate surface area is 78.1 Å². The number of hydrogen-bond acceptors (Lipinski definition) is 3. The number of aliphatic hydroxyl groups excluding tert-OH is 1.